The smallest absolute Gasteiger partial charge is 0.120 e. The van der Waals surface area contributed by atoms with Gasteiger partial charge in [-0.25, -0.2) is 0 Å². The van der Waals surface area contributed by atoms with Crippen molar-refractivity contribution < 1.29 is 4.74 Å². The molecule has 1 aromatic carbocycles. The summed E-state index contributed by atoms with van der Waals surface area (Å²) >= 11 is 6.85. The van der Waals surface area contributed by atoms with Gasteiger partial charge in [-0.05, 0) is 35.6 Å². The maximum Gasteiger partial charge on any atom is 0.120 e. The summed E-state index contributed by atoms with van der Waals surface area (Å²) in [5.41, 5.74) is 7.96. The number of benzene rings is 1. The molecule has 0 unspecified atom stereocenters. The van der Waals surface area contributed by atoms with Crippen LogP contribution in [0.15, 0.2) is 35.7 Å². The van der Waals surface area contributed by atoms with Crippen LogP contribution in [0, 0.1) is 0 Å². The van der Waals surface area contributed by atoms with E-state index < -0.39 is 0 Å². The second-order valence-electron chi connectivity index (χ2n) is 5.14. The fraction of sp³-hybridized carbons (Fsp3) is 0.312. The number of hydrogen-bond acceptors (Lipinski definition) is 4. The summed E-state index contributed by atoms with van der Waals surface area (Å²) in [6, 6.07) is 9.89. The van der Waals surface area contributed by atoms with Crippen molar-refractivity contribution in [2.24, 2.45) is 5.73 Å². The number of ether oxygens (including phenoxy) is 1. The number of thiocarbonyl (C=S) groups is 1. The zero-order valence-electron chi connectivity index (χ0n) is 11.7. The van der Waals surface area contributed by atoms with Crippen LogP contribution in [-0.2, 0) is 13.0 Å². The van der Waals surface area contributed by atoms with Crippen molar-refractivity contribution in [2.75, 3.05) is 19.7 Å². The highest BCUT2D eigenvalue weighted by atomic mass is 32.1. The van der Waals surface area contributed by atoms with Gasteiger partial charge in [-0.2, -0.15) is 0 Å². The lowest BCUT2D eigenvalue weighted by Gasteiger charge is -2.26. The van der Waals surface area contributed by atoms with Crippen LogP contribution < -0.4 is 10.5 Å². The Kier molecular flexibility index (Phi) is 4.53. The van der Waals surface area contributed by atoms with Crippen LogP contribution in [0.5, 0.6) is 5.75 Å². The summed E-state index contributed by atoms with van der Waals surface area (Å²) < 4.78 is 5.81. The molecule has 0 saturated carbocycles. The molecule has 0 saturated heterocycles. The summed E-state index contributed by atoms with van der Waals surface area (Å²) in [7, 11) is 0. The van der Waals surface area contributed by atoms with Crippen molar-refractivity contribution in [2.45, 2.75) is 13.0 Å². The standard InChI is InChI=1S/C16H18N2OS2/c17-16(20)12-2-1-3-14(10-12)19-8-7-18-6-4-15-13(11-18)5-9-21-15/h1-3,5,9-10H,4,6-8,11H2,(H2,17,20). The predicted molar refractivity (Wildman–Crippen MR) is 91.1 cm³/mol. The molecule has 2 N–H and O–H groups in total. The third kappa shape index (κ3) is 3.61. The highest BCUT2D eigenvalue weighted by Gasteiger charge is 2.16. The van der Waals surface area contributed by atoms with Gasteiger partial charge in [-0.15, -0.1) is 11.3 Å². The van der Waals surface area contributed by atoms with E-state index in [0.29, 0.717) is 11.6 Å². The molecule has 2 heterocycles. The van der Waals surface area contributed by atoms with Crippen LogP contribution in [0.1, 0.15) is 16.0 Å². The largest absolute Gasteiger partial charge is 0.492 e. The molecule has 0 amide bonds. The van der Waals surface area contributed by atoms with Gasteiger partial charge in [0.25, 0.3) is 0 Å². The first kappa shape index (κ1) is 14.5. The van der Waals surface area contributed by atoms with E-state index in [-0.39, 0.29) is 0 Å². The topological polar surface area (TPSA) is 38.5 Å². The van der Waals surface area contributed by atoms with Gasteiger partial charge in [0.05, 0.1) is 0 Å². The van der Waals surface area contributed by atoms with Gasteiger partial charge in [0.1, 0.15) is 17.3 Å². The molecule has 0 radical (unpaired) electrons. The van der Waals surface area contributed by atoms with Crippen molar-refractivity contribution in [3.8, 4) is 5.75 Å². The first-order valence-electron chi connectivity index (χ1n) is 7.02. The van der Waals surface area contributed by atoms with E-state index in [2.05, 4.69) is 16.3 Å². The normalized spacial score (nSPS) is 14.7. The number of hydrogen-bond donors (Lipinski definition) is 1. The van der Waals surface area contributed by atoms with E-state index >= 15 is 0 Å². The van der Waals surface area contributed by atoms with Gasteiger partial charge >= 0.3 is 0 Å². The summed E-state index contributed by atoms with van der Waals surface area (Å²) in [5.74, 6) is 0.827. The number of fused-ring (bicyclic) bond motifs is 1. The van der Waals surface area contributed by atoms with Gasteiger partial charge in [0.2, 0.25) is 0 Å². The zero-order valence-corrected chi connectivity index (χ0v) is 13.4. The lowest BCUT2D eigenvalue weighted by atomic mass is 10.1. The Morgan fingerprint density at radius 1 is 1.38 bits per heavy atom. The van der Waals surface area contributed by atoms with Gasteiger partial charge in [-0.3, -0.25) is 4.90 Å². The monoisotopic (exact) mass is 318 g/mol. The van der Waals surface area contributed by atoms with E-state index in [0.717, 1.165) is 37.4 Å². The first-order valence-corrected chi connectivity index (χ1v) is 8.31. The third-order valence-corrected chi connectivity index (χ3v) is 4.94. The highest BCUT2D eigenvalue weighted by Crippen LogP contribution is 2.23. The summed E-state index contributed by atoms with van der Waals surface area (Å²) in [4.78, 5) is 4.38. The molecular weight excluding hydrogens is 300 g/mol. The Morgan fingerprint density at radius 3 is 3.14 bits per heavy atom. The second kappa shape index (κ2) is 6.56. The molecule has 3 rings (SSSR count). The summed E-state index contributed by atoms with van der Waals surface area (Å²) in [6.07, 6.45) is 1.16. The molecule has 0 fully saturated rings. The molecule has 1 aliphatic heterocycles. The van der Waals surface area contributed by atoms with E-state index in [1.807, 2.05) is 35.6 Å². The SMILES string of the molecule is NC(=S)c1cccc(OCCN2CCc3sccc3C2)c1. The van der Waals surface area contributed by atoms with Crippen LogP contribution >= 0.6 is 23.6 Å². The van der Waals surface area contributed by atoms with E-state index in [1.165, 1.54) is 10.4 Å². The maximum absolute atomic E-state index is 5.81. The molecule has 110 valence electrons. The zero-order chi connectivity index (χ0) is 14.7. The second-order valence-corrected chi connectivity index (χ2v) is 6.58. The van der Waals surface area contributed by atoms with Gasteiger partial charge in [0.15, 0.2) is 0 Å². The van der Waals surface area contributed by atoms with E-state index in [4.69, 9.17) is 22.7 Å². The molecule has 3 nitrogen and oxygen atoms in total. The quantitative estimate of drug-likeness (QED) is 0.861. The molecule has 21 heavy (non-hydrogen) atoms. The number of thiophene rings is 1. The van der Waals surface area contributed by atoms with Crippen molar-refractivity contribution in [3.05, 3.63) is 51.7 Å². The number of nitrogens with zero attached hydrogens (tertiary/aromatic N) is 1. The molecule has 0 aliphatic carbocycles. The van der Waals surface area contributed by atoms with E-state index in [1.54, 1.807) is 0 Å². The lowest BCUT2D eigenvalue weighted by Crippen LogP contribution is -2.33. The van der Waals surface area contributed by atoms with Gasteiger partial charge in [-0.1, -0.05) is 24.4 Å². The van der Waals surface area contributed by atoms with Gasteiger partial charge in [0, 0.05) is 30.1 Å². The van der Waals surface area contributed by atoms with Crippen molar-refractivity contribution in [3.63, 3.8) is 0 Å². The average Bonchev–Trinajstić information content (AvgIpc) is 2.95. The Bertz CT molecular complexity index is 639. The minimum Gasteiger partial charge on any atom is -0.492 e. The minimum absolute atomic E-state index is 0.404. The molecule has 1 aliphatic rings. The molecule has 5 heteroatoms. The van der Waals surface area contributed by atoms with Crippen LogP contribution in [0.25, 0.3) is 0 Å². The lowest BCUT2D eigenvalue weighted by molar-refractivity contribution is 0.197. The Balaban J connectivity index is 1.51. The predicted octanol–water partition coefficient (Wildman–Crippen LogP) is 2.82. The minimum atomic E-state index is 0.404. The summed E-state index contributed by atoms with van der Waals surface area (Å²) in [6.45, 7) is 3.77. The van der Waals surface area contributed by atoms with Crippen LogP contribution in [0.4, 0.5) is 0 Å². The van der Waals surface area contributed by atoms with Gasteiger partial charge < -0.3 is 10.5 Å². The fourth-order valence-corrected chi connectivity index (χ4v) is 3.55. The molecule has 0 bridgehead atoms. The van der Waals surface area contributed by atoms with Crippen molar-refractivity contribution in [1.29, 1.82) is 0 Å². The highest BCUT2D eigenvalue weighted by molar-refractivity contribution is 7.80. The molecule has 2 aromatic rings. The van der Waals surface area contributed by atoms with Crippen LogP contribution in [0.2, 0.25) is 0 Å². The van der Waals surface area contributed by atoms with Crippen molar-refractivity contribution in [1.82, 2.24) is 4.90 Å². The van der Waals surface area contributed by atoms with Crippen LogP contribution in [-0.4, -0.2) is 29.6 Å². The van der Waals surface area contributed by atoms with Crippen LogP contribution in [0.3, 0.4) is 0 Å². The molecule has 1 aromatic heterocycles. The number of rotatable bonds is 5. The maximum atomic E-state index is 5.81. The third-order valence-electron chi connectivity index (χ3n) is 3.68. The molecule has 0 spiro atoms. The Morgan fingerprint density at radius 2 is 2.29 bits per heavy atom. The molecule has 0 atom stereocenters. The average molecular weight is 318 g/mol. The Labute approximate surface area is 134 Å². The van der Waals surface area contributed by atoms with E-state index in [9.17, 15) is 0 Å². The first-order chi connectivity index (χ1) is 10.2. The Hall–Kier alpha value is -1.43. The van der Waals surface area contributed by atoms with Crippen molar-refractivity contribution >= 4 is 28.5 Å². The fourth-order valence-electron chi connectivity index (χ4n) is 2.53. The number of nitrogens with two attached hydrogens (primary N) is 1. The summed E-state index contributed by atoms with van der Waals surface area (Å²) in [5, 5.41) is 2.19. The molecular formula is C16H18N2OS2.